The van der Waals surface area contributed by atoms with Gasteiger partial charge in [0.1, 0.15) is 24.9 Å². The summed E-state index contributed by atoms with van der Waals surface area (Å²) in [7, 11) is -9.82. The normalized spacial score (nSPS) is 35.5. The summed E-state index contributed by atoms with van der Waals surface area (Å²) in [5.74, 6) is -2.66. The van der Waals surface area contributed by atoms with E-state index in [4.69, 9.17) is 19.6 Å². The van der Waals surface area contributed by atoms with Crippen LogP contribution in [0.25, 0.3) is 0 Å². The van der Waals surface area contributed by atoms with Gasteiger partial charge in [-0.25, -0.2) is 9.13 Å². The molecule has 2 unspecified atom stereocenters. The summed E-state index contributed by atoms with van der Waals surface area (Å²) < 4.78 is 33.6. The van der Waals surface area contributed by atoms with Crippen LogP contribution in [0.5, 0.6) is 0 Å². The zero-order valence-corrected chi connectivity index (χ0v) is 11.5. The number of phosphoric acid groups is 2. The fourth-order valence-corrected chi connectivity index (χ4v) is 2.17. The van der Waals surface area contributed by atoms with E-state index in [2.05, 4.69) is 13.8 Å². The summed E-state index contributed by atoms with van der Waals surface area (Å²) >= 11 is 0. The molecule has 0 spiro atoms. The first-order valence-corrected chi connectivity index (χ1v) is 8.07. The molecule has 0 radical (unpaired) electrons. The Balaban J connectivity index is 2.67. The van der Waals surface area contributed by atoms with Gasteiger partial charge in [-0.15, -0.1) is 0 Å². The minimum Gasteiger partial charge on any atom is -0.387 e. The predicted octanol–water partition coefficient (Wildman–Crippen LogP) is -2.99. The average Bonchev–Trinajstić information content (AvgIpc) is 2.48. The highest BCUT2D eigenvalue weighted by Gasteiger charge is 2.54. The van der Waals surface area contributed by atoms with Gasteiger partial charge in [0.05, 0.1) is 6.61 Å². The molecule has 120 valence electrons. The lowest BCUT2D eigenvalue weighted by Gasteiger charge is -2.25. The largest absolute Gasteiger partial charge is 0.469 e. The van der Waals surface area contributed by atoms with E-state index in [1.54, 1.807) is 0 Å². The Morgan fingerprint density at radius 3 is 2.00 bits per heavy atom. The molecule has 0 aromatic heterocycles. The molecule has 0 amide bonds. The summed E-state index contributed by atoms with van der Waals surface area (Å²) in [5.41, 5.74) is 0. The monoisotopic (exact) mass is 340 g/mol. The third-order valence-corrected chi connectivity index (χ3v) is 3.32. The highest BCUT2D eigenvalue weighted by molar-refractivity contribution is 7.46. The number of ether oxygens (including phenoxy) is 1. The van der Waals surface area contributed by atoms with Gasteiger partial charge >= 0.3 is 15.6 Å². The maximum atomic E-state index is 10.5. The molecule has 0 aromatic carbocycles. The Kier molecular flexibility index (Phi) is 5.48. The zero-order valence-electron chi connectivity index (χ0n) is 9.71. The molecule has 7 N–H and O–H groups in total. The molecule has 14 heteroatoms. The van der Waals surface area contributed by atoms with Gasteiger partial charge in [-0.2, -0.15) is 0 Å². The molecule has 1 rings (SSSR count). The lowest BCUT2D eigenvalue weighted by molar-refractivity contribution is -0.245. The van der Waals surface area contributed by atoms with Crippen molar-refractivity contribution in [2.45, 2.75) is 24.1 Å². The van der Waals surface area contributed by atoms with Crippen LogP contribution in [-0.2, 0) is 22.9 Å². The van der Waals surface area contributed by atoms with Gasteiger partial charge in [-0.3, -0.25) is 9.05 Å². The van der Waals surface area contributed by atoms with Crippen molar-refractivity contribution < 1.29 is 57.8 Å². The molecule has 1 aliphatic rings. The molecule has 0 saturated carbocycles. The molecule has 0 bridgehead atoms. The second-order valence-electron chi connectivity index (χ2n) is 3.99. The smallest absolute Gasteiger partial charge is 0.387 e. The van der Waals surface area contributed by atoms with E-state index in [1.165, 1.54) is 0 Å². The number of rotatable bonds is 6. The van der Waals surface area contributed by atoms with Crippen molar-refractivity contribution in [3.05, 3.63) is 0 Å². The van der Waals surface area contributed by atoms with Gasteiger partial charge in [0.15, 0.2) is 0 Å². The summed E-state index contributed by atoms with van der Waals surface area (Å²) in [4.78, 5) is 33.9. The molecular weight excluding hydrogens is 326 g/mol. The van der Waals surface area contributed by atoms with Gasteiger partial charge in [0, 0.05) is 0 Å². The fraction of sp³-hybridized carbons (Fsp3) is 1.00. The molecule has 1 heterocycles. The van der Waals surface area contributed by atoms with Crippen molar-refractivity contribution in [1.82, 2.24) is 0 Å². The topological polar surface area (TPSA) is 203 Å². The van der Waals surface area contributed by atoms with Crippen molar-refractivity contribution >= 4 is 15.6 Å². The van der Waals surface area contributed by atoms with E-state index in [0.717, 1.165) is 0 Å². The molecule has 1 aliphatic heterocycles. The van der Waals surface area contributed by atoms with Gasteiger partial charge in [-0.1, -0.05) is 0 Å². The lowest BCUT2D eigenvalue weighted by Crippen LogP contribution is -2.46. The van der Waals surface area contributed by atoms with E-state index < -0.39 is 53.0 Å². The number of aliphatic hydroxyl groups is 3. The van der Waals surface area contributed by atoms with Crippen LogP contribution in [0, 0.1) is 0 Å². The summed E-state index contributed by atoms with van der Waals surface area (Å²) in [6.45, 7) is -2.05. The Labute approximate surface area is 112 Å². The Morgan fingerprint density at radius 1 is 1.05 bits per heavy atom. The van der Waals surface area contributed by atoms with Gasteiger partial charge < -0.3 is 39.6 Å². The van der Waals surface area contributed by atoms with Gasteiger partial charge in [-0.05, 0) is 0 Å². The molecule has 0 aromatic rings. The highest BCUT2D eigenvalue weighted by Crippen LogP contribution is 2.41. The first kappa shape index (κ1) is 18.1. The number of hydrogen-bond donors (Lipinski definition) is 7. The van der Waals surface area contributed by atoms with Crippen molar-refractivity contribution in [2.24, 2.45) is 0 Å². The van der Waals surface area contributed by atoms with Crippen LogP contribution in [0.2, 0.25) is 0 Å². The first-order valence-electron chi connectivity index (χ1n) is 5.00. The predicted molar refractivity (Wildman–Crippen MR) is 57.8 cm³/mol. The van der Waals surface area contributed by atoms with Crippen LogP contribution in [-0.4, -0.2) is 72.2 Å². The number of phosphoric ester groups is 2. The third kappa shape index (κ3) is 5.11. The van der Waals surface area contributed by atoms with Crippen LogP contribution < -0.4 is 0 Å². The molecule has 1 saturated heterocycles. The van der Waals surface area contributed by atoms with E-state index in [0.29, 0.717) is 0 Å². The van der Waals surface area contributed by atoms with Crippen LogP contribution in [0.3, 0.4) is 0 Å². The molecule has 20 heavy (non-hydrogen) atoms. The SMILES string of the molecule is O=P(O)(O)OC[C@H]1O[C@](O)(COP(=O)(O)O)C(O)C1O. The second kappa shape index (κ2) is 6.05. The molecular formula is C6H14O12P2. The van der Waals surface area contributed by atoms with Crippen LogP contribution in [0.15, 0.2) is 0 Å². The summed E-state index contributed by atoms with van der Waals surface area (Å²) in [6, 6.07) is 0. The number of hydrogen-bond acceptors (Lipinski definition) is 8. The first-order chi connectivity index (χ1) is 8.84. The van der Waals surface area contributed by atoms with Crippen molar-refractivity contribution in [3.8, 4) is 0 Å². The highest BCUT2D eigenvalue weighted by atomic mass is 31.2. The van der Waals surface area contributed by atoms with E-state index >= 15 is 0 Å². The standard InChI is InChI=1S/C6H14O12P2/c7-4-3(1-16-19(10,11)12)18-6(9,5(4)8)2-17-20(13,14)15/h3-5,7-9H,1-2H2,(H2,10,11,12)(H2,13,14,15)/t3-,4?,5?,6-/m1/s1. The Bertz CT molecular complexity index is 428. The molecule has 4 atom stereocenters. The van der Waals surface area contributed by atoms with Crippen molar-refractivity contribution in [1.29, 1.82) is 0 Å². The van der Waals surface area contributed by atoms with Gasteiger partial charge in [0.2, 0.25) is 5.79 Å². The molecule has 0 aliphatic carbocycles. The van der Waals surface area contributed by atoms with E-state index in [1.807, 2.05) is 0 Å². The van der Waals surface area contributed by atoms with Crippen LogP contribution in [0.1, 0.15) is 0 Å². The minimum absolute atomic E-state index is 0.874. The molecule has 1 fully saturated rings. The molecule has 12 nitrogen and oxygen atoms in total. The Hall–Kier alpha value is 0.0600. The fourth-order valence-electron chi connectivity index (χ4n) is 1.47. The summed E-state index contributed by atoms with van der Waals surface area (Å²) in [6.07, 6.45) is -5.38. The third-order valence-electron chi connectivity index (χ3n) is 2.37. The van der Waals surface area contributed by atoms with Gasteiger partial charge in [0.25, 0.3) is 0 Å². The maximum absolute atomic E-state index is 10.5. The van der Waals surface area contributed by atoms with Crippen molar-refractivity contribution in [3.63, 3.8) is 0 Å². The van der Waals surface area contributed by atoms with Crippen LogP contribution >= 0.6 is 15.6 Å². The summed E-state index contributed by atoms with van der Waals surface area (Å²) in [5, 5.41) is 28.8. The van der Waals surface area contributed by atoms with Crippen LogP contribution in [0.4, 0.5) is 0 Å². The quantitative estimate of drug-likeness (QED) is 0.242. The number of aliphatic hydroxyl groups excluding tert-OH is 2. The minimum atomic E-state index is -4.96. The Morgan fingerprint density at radius 2 is 1.55 bits per heavy atom. The second-order valence-corrected chi connectivity index (χ2v) is 6.47. The average molecular weight is 340 g/mol. The van der Waals surface area contributed by atoms with Crippen molar-refractivity contribution in [2.75, 3.05) is 13.2 Å². The maximum Gasteiger partial charge on any atom is 0.469 e. The van der Waals surface area contributed by atoms with E-state index in [-0.39, 0.29) is 0 Å². The van der Waals surface area contributed by atoms with E-state index in [9.17, 15) is 24.4 Å². The lowest BCUT2D eigenvalue weighted by atomic mass is 10.1. The zero-order chi connectivity index (χ0) is 15.8.